The van der Waals surface area contributed by atoms with E-state index in [1.54, 1.807) is 0 Å². The van der Waals surface area contributed by atoms with Crippen LogP contribution in [-0.4, -0.2) is 15.5 Å². The zero-order valence-electron chi connectivity index (χ0n) is 13.6. The third-order valence-electron chi connectivity index (χ3n) is 3.89. The van der Waals surface area contributed by atoms with E-state index in [4.69, 9.17) is 0 Å². The fourth-order valence-corrected chi connectivity index (χ4v) is 4.08. The number of hydrogen-bond acceptors (Lipinski definition) is 3. The van der Waals surface area contributed by atoms with Gasteiger partial charge in [-0.1, -0.05) is 41.7 Å². The SMILES string of the molecule is O=C(Nc1nc(-c2ccccc2)c(Br)s1)c1ccc(-n2cccc2)cc1. The lowest BCUT2D eigenvalue weighted by Gasteiger charge is -2.05. The average molecular weight is 424 g/mol. The largest absolute Gasteiger partial charge is 0.324 e. The van der Waals surface area contributed by atoms with Crippen molar-refractivity contribution in [3.63, 3.8) is 0 Å². The second-order valence-corrected chi connectivity index (χ2v) is 7.92. The number of rotatable bonds is 4. The lowest BCUT2D eigenvalue weighted by Crippen LogP contribution is -2.11. The molecule has 0 saturated carbocycles. The molecule has 4 aromatic rings. The van der Waals surface area contributed by atoms with Crippen molar-refractivity contribution in [3.05, 3.63) is 88.5 Å². The molecule has 128 valence electrons. The van der Waals surface area contributed by atoms with Crippen molar-refractivity contribution in [2.24, 2.45) is 0 Å². The van der Waals surface area contributed by atoms with Crippen LogP contribution in [0, 0.1) is 0 Å². The van der Waals surface area contributed by atoms with Gasteiger partial charge in [-0.2, -0.15) is 0 Å². The highest BCUT2D eigenvalue weighted by Crippen LogP contribution is 2.35. The molecule has 1 amide bonds. The number of aromatic nitrogens is 2. The van der Waals surface area contributed by atoms with Crippen LogP contribution in [0.2, 0.25) is 0 Å². The second kappa shape index (κ2) is 7.27. The van der Waals surface area contributed by atoms with Crippen molar-refractivity contribution >= 4 is 38.3 Å². The molecule has 0 unspecified atom stereocenters. The molecule has 0 atom stereocenters. The number of amides is 1. The Labute approximate surface area is 163 Å². The molecule has 0 aliphatic rings. The number of anilines is 1. The standard InChI is InChI=1S/C20H14BrN3OS/c21-18-17(14-6-2-1-3-7-14)22-20(26-18)23-19(25)15-8-10-16(11-9-15)24-12-4-5-13-24/h1-13H,(H,22,23,25). The molecule has 2 heterocycles. The van der Waals surface area contributed by atoms with E-state index in [0.29, 0.717) is 10.7 Å². The third kappa shape index (κ3) is 3.47. The molecule has 1 N–H and O–H groups in total. The number of nitrogens with zero attached hydrogens (tertiary/aromatic N) is 2. The molecule has 2 aromatic heterocycles. The Morgan fingerprint density at radius 3 is 2.35 bits per heavy atom. The van der Waals surface area contributed by atoms with Crippen molar-refractivity contribution in [2.45, 2.75) is 0 Å². The minimum Gasteiger partial charge on any atom is -0.324 e. The summed E-state index contributed by atoms with van der Waals surface area (Å²) in [6, 6.07) is 21.3. The molecule has 0 aliphatic carbocycles. The van der Waals surface area contributed by atoms with Crippen molar-refractivity contribution in [3.8, 4) is 16.9 Å². The molecule has 4 nitrogen and oxygen atoms in total. The summed E-state index contributed by atoms with van der Waals surface area (Å²) >= 11 is 4.94. The van der Waals surface area contributed by atoms with Crippen molar-refractivity contribution < 1.29 is 4.79 Å². The molecule has 0 bridgehead atoms. The van der Waals surface area contributed by atoms with E-state index in [1.165, 1.54) is 11.3 Å². The van der Waals surface area contributed by atoms with Crippen LogP contribution in [0.25, 0.3) is 16.9 Å². The topological polar surface area (TPSA) is 46.9 Å². The quantitative estimate of drug-likeness (QED) is 0.463. The van der Waals surface area contributed by atoms with Gasteiger partial charge in [0.05, 0.1) is 9.48 Å². The maximum absolute atomic E-state index is 12.5. The molecule has 0 aliphatic heterocycles. The van der Waals surface area contributed by atoms with Gasteiger partial charge in [0.15, 0.2) is 5.13 Å². The average Bonchev–Trinajstić information content (AvgIpc) is 3.32. The minimum absolute atomic E-state index is 0.176. The van der Waals surface area contributed by atoms with Crippen molar-refractivity contribution in [1.29, 1.82) is 0 Å². The molecule has 2 aromatic carbocycles. The molecule has 0 radical (unpaired) electrons. The monoisotopic (exact) mass is 423 g/mol. The highest BCUT2D eigenvalue weighted by atomic mass is 79.9. The fraction of sp³-hybridized carbons (Fsp3) is 0. The van der Waals surface area contributed by atoms with Gasteiger partial charge in [0, 0.05) is 29.2 Å². The molecular weight excluding hydrogens is 410 g/mol. The van der Waals surface area contributed by atoms with E-state index in [0.717, 1.165) is 20.7 Å². The fourth-order valence-electron chi connectivity index (χ4n) is 2.59. The van der Waals surface area contributed by atoms with Gasteiger partial charge < -0.3 is 4.57 Å². The van der Waals surface area contributed by atoms with Crippen LogP contribution in [0.1, 0.15) is 10.4 Å². The van der Waals surface area contributed by atoms with Gasteiger partial charge >= 0.3 is 0 Å². The summed E-state index contributed by atoms with van der Waals surface area (Å²) < 4.78 is 2.88. The Bertz CT molecular complexity index is 1020. The Morgan fingerprint density at radius 2 is 1.65 bits per heavy atom. The normalized spacial score (nSPS) is 10.7. The summed E-state index contributed by atoms with van der Waals surface area (Å²) in [6.45, 7) is 0. The highest BCUT2D eigenvalue weighted by Gasteiger charge is 2.14. The van der Waals surface area contributed by atoms with Gasteiger partial charge in [0.2, 0.25) is 0 Å². The van der Waals surface area contributed by atoms with E-state index in [1.807, 2.05) is 83.7 Å². The number of halogens is 1. The van der Waals surface area contributed by atoms with E-state index in [2.05, 4.69) is 26.2 Å². The summed E-state index contributed by atoms with van der Waals surface area (Å²) in [5.74, 6) is -0.176. The lowest BCUT2D eigenvalue weighted by atomic mass is 10.2. The van der Waals surface area contributed by atoms with Crippen LogP contribution in [0.3, 0.4) is 0 Å². The maximum Gasteiger partial charge on any atom is 0.257 e. The molecule has 6 heteroatoms. The van der Waals surface area contributed by atoms with Crippen LogP contribution in [0.5, 0.6) is 0 Å². The van der Waals surface area contributed by atoms with Gasteiger partial charge in [-0.15, -0.1) is 0 Å². The number of nitrogens with one attached hydrogen (secondary N) is 1. The predicted molar refractivity (Wildman–Crippen MR) is 109 cm³/mol. The van der Waals surface area contributed by atoms with E-state index in [-0.39, 0.29) is 5.91 Å². The first-order valence-electron chi connectivity index (χ1n) is 7.97. The van der Waals surface area contributed by atoms with Crippen molar-refractivity contribution in [2.75, 3.05) is 5.32 Å². The smallest absolute Gasteiger partial charge is 0.257 e. The van der Waals surface area contributed by atoms with Crippen LogP contribution >= 0.6 is 27.3 Å². The van der Waals surface area contributed by atoms with E-state index in [9.17, 15) is 4.79 Å². The van der Waals surface area contributed by atoms with Crippen LogP contribution in [0.15, 0.2) is 82.9 Å². The van der Waals surface area contributed by atoms with Crippen LogP contribution in [-0.2, 0) is 0 Å². The van der Waals surface area contributed by atoms with Gasteiger partial charge in [-0.05, 0) is 52.3 Å². The first-order valence-corrected chi connectivity index (χ1v) is 9.58. The van der Waals surface area contributed by atoms with Gasteiger partial charge in [0.25, 0.3) is 5.91 Å². The Morgan fingerprint density at radius 1 is 0.962 bits per heavy atom. The Balaban J connectivity index is 1.52. The summed E-state index contributed by atoms with van der Waals surface area (Å²) in [7, 11) is 0. The third-order valence-corrected chi connectivity index (χ3v) is 5.51. The minimum atomic E-state index is -0.176. The van der Waals surface area contributed by atoms with E-state index < -0.39 is 0 Å². The van der Waals surface area contributed by atoms with Gasteiger partial charge in [0.1, 0.15) is 0 Å². The number of thiazole rings is 1. The van der Waals surface area contributed by atoms with Crippen molar-refractivity contribution in [1.82, 2.24) is 9.55 Å². The summed E-state index contributed by atoms with van der Waals surface area (Å²) in [4.78, 5) is 17.0. The molecule has 0 fully saturated rings. The molecule has 0 saturated heterocycles. The zero-order chi connectivity index (χ0) is 17.9. The summed E-state index contributed by atoms with van der Waals surface area (Å²) in [6.07, 6.45) is 3.93. The number of hydrogen-bond donors (Lipinski definition) is 1. The van der Waals surface area contributed by atoms with Crippen LogP contribution in [0.4, 0.5) is 5.13 Å². The molecule has 26 heavy (non-hydrogen) atoms. The summed E-state index contributed by atoms with van der Waals surface area (Å²) in [5, 5.41) is 3.44. The zero-order valence-corrected chi connectivity index (χ0v) is 16.0. The number of carbonyl (C=O) groups is 1. The van der Waals surface area contributed by atoms with Crippen LogP contribution < -0.4 is 5.32 Å². The summed E-state index contributed by atoms with van der Waals surface area (Å²) in [5.41, 5.74) is 3.43. The van der Waals surface area contributed by atoms with Gasteiger partial charge in [-0.25, -0.2) is 4.98 Å². The molecular formula is C20H14BrN3OS. The number of carbonyl (C=O) groups excluding carboxylic acids is 1. The number of benzene rings is 2. The first-order chi connectivity index (χ1) is 12.7. The Hall–Kier alpha value is -2.70. The lowest BCUT2D eigenvalue weighted by molar-refractivity contribution is 0.102. The molecule has 0 spiro atoms. The first kappa shape index (κ1) is 16.8. The predicted octanol–water partition coefficient (Wildman–Crippen LogP) is 5.62. The van der Waals surface area contributed by atoms with Gasteiger partial charge in [-0.3, -0.25) is 10.1 Å². The van der Waals surface area contributed by atoms with E-state index >= 15 is 0 Å². The molecule has 4 rings (SSSR count). The highest BCUT2D eigenvalue weighted by molar-refractivity contribution is 9.11. The second-order valence-electron chi connectivity index (χ2n) is 5.60. The maximum atomic E-state index is 12.5. The Kier molecular flexibility index (Phi) is 4.69.